The SMILES string of the molecule is O=C(COc1cc2ccccc2c(-c2cccc3ccccc23)c1OCC(=O)Oc1ccccc1)Oc1ccccc1. The van der Waals surface area contributed by atoms with E-state index in [0.717, 1.165) is 32.7 Å². The molecule has 0 unspecified atom stereocenters. The minimum Gasteiger partial charge on any atom is -0.478 e. The molecule has 0 saturated carbocycles. The smallest absolute Gasteiger partial charge is 0.349 e. The van der Waals surface area contributed by atoms with Crippen LogP contribution in [0.25, 0.3) is 32.7 Å². The molecule has 0 spiro atoms. The molecule has 0 aliphatic heterocycles. The summed E-state index contributed by atoms with van der Waals surface area (Å²) in [6.07, 6.45) is 0. The highest BCUT2D eigenvalue weighted by Gasteiger charge is 2.22. The summed E-state index contributed by atoms with van der Waals surface area (Å²) in [5.41, 5.74) is 1.64. The van der Waals surface area contributed by atoms with E-state index in [9.17, 15) is 9.59 Å². The molecule has 0 bridgehead atoms. The number of carbonyl (C=O) groups is 2. The van der Waals surface area contributed by atoms with Gasteiger partial charge in [0.15, 0.2) is 24.7 Å². The van der Waals surface area contributed by atoms with Gasteiger partial charge in [-0.2, -0.15) is 0 Å². The molecule has 0 radical (unpaired) electrons. The van der Waals surface area contributed by atoms with Gasteiger partial charge in [0.1, 0.15) is 11.5 Å². The zero-order chi connectivity index (χ0) is 28.7. The standard InChI is InChI=1S/C36H26O6/c37-33(41-27-15-3-1-4-16-27)23-39-32-22-26-13-8-10-20-30(26)35(31-21-11-14-25-12-7-9-19-29(25)31)36(32)40-24-34(38)42-28-17-5-2-6-18-28/h1-22H,23-24H2. The average molecular weight is 555 g/mol. The summed E-state index contributed by atoms with van der Waals surface area (Å²) in [6, 6.07) is 41.3. The number of esters is 2. The van der Waals surface area contributed by atoms with E-state index >= 15 is 0 Å². The Balaban J connectivity index is 1.41. The lowest BCUT2D eigenvalue weighted by molar-refractivity contribution is -0.138. The van der Waals surface area contributed by atoms with Gasteiger partial charge in [0.05, 0.1) is 0 Å². The number of rotatable bonds is 9. The second-order valence-corrected chi connectivity index (χ2v) is 9.48. The van der Waals surface area contributed by atoms with E-state index < -0.39 is 11.9 Å². The van der Waals surface area contributed by atoms with Crippen LogP contribution in [0.1, 0.15) is 0 Å². The van der Waals surface area contributed by atoms with Crippen LogP contribution in [-0.2, 0) is 9.59 Å². The molecule has 0 heterocycles. The Bertz CT molecular complexity index is 1860. The van der Waals surface area contributed by atoms with Crippen LogP contribution >= 0.6 is 0 Å². The van der Waals surface area contributed by atoms with E-state index in [4.69, 9.17) is 18.9 Å². The molecule has 6 nitrogen and oxygen atoms in total. The molecule has 0 aliphatic rings. The van der Waals surface area contributed by atoms with Gasteiger partial charge in [-0.15, -0.1) is 0 Å². The minimum absolute atomic E-state index is 0.300. The number of ether oxygens (including phenoxy) is 4. The van der Waals surface area contributed by atoms with Crippen molar-refractivity contribution in [3.05, 3.63) is 133 Å². The summed E-state index contributed by atoms with van der Waals surface area (Å²) in [5.74, 6) is 0.306. The van der Waals surface area contributed by atoms with Crippen molar-refractivity contribution in [2.45, 2.75) is 0 Å². The van der Waals surface area contributed by atoms with Crippen molar-refractivity contribution < 1.29 is 28.5 Å². The normalized spacial score (nSPS) is 10.8. The maximum atomic E-state index is 12.8. The lowest BCUT2D eigenvalue weighted by Gasteiger charge is -2.20. The van der Waals surface area contributed by atoms with Crippen LogP contribution in [0.4, 0.5) is 0 Å². The highest BCUT2D eigenvalue weighted by Crippen LogP contribution is 2.46. The Morgan fingerprint density at radius 1 is 0.500 bits per heavy atom. The number of fused-ring (bicyclic) bond motifs is 2. The molecular weight excluding hydrogens is 528 g/mol. The molecule has 6 aromatic carbocycles. The molecule has 0 atom stereocenters. The molecular formula is C36H26O6. The van der Waals surface area contributed by atoms with Crippen molar-refractivity contribution in [1.82, 2.24) is 0 Å². The predicted molar refractivity (Wildman–Crippen MR) is 162 cm³/mol. The first-order valence-electron chi connectivity index (χ1n) is 13.5. The lowest BCUT2D eigenvalue weighted by atomic mass is 9.92. The lowest BCUT2D eigenvalue weighted by Crippen LogP contribution is -2.20. The quantitative estimate of drug-likeness (QED) is 0.135. The van der Waals surface area contributed by atoms with Gasteiger partial charge < -0.3 is 18.9 Å². The van der Waals surface area contributed by atoms with Gasteiger partial charge in [0.25, 0.3) is 0 Å². The van der Waals surface area contributed by atoms with Crippen LogP contribution in [0.15, 0.2) is 133 Å². The van der Waals surface area contributed by atoms with E-state index in [0.29, 0.717) is 23.0 Å². The van der Waals surface area contributed by atoms with Gasteiger partial charge in [-0.25, -0.2) is 9.59 Å². The van der Waals surface area contributed by atoms with Gasteiger partial charge >= 0.3 is 11.9 Å². The van der Waals surface area contributed by atoms with Gasteiger partial charge in [0, 0.05) is 5.56 Å². The van der Waals surface area contributed by atoms with Gasteiger partial charge in [0.2, 0.25) is 0 Å². The molecule has 6 rings (SSSR count). The molecule has 0 aromatic heterocycles. The fraction of sp³-hybridized carbons (Fsp3) is 0.0556. The van der Waals surface area contributed by atoms with Crippen molar-refractivity contribution in [2.75, 3.05) is 13.2 Å². The first-order valence-corrected chi connectivity index (χ1v) is 13.5. The molecule has 6 heteroatoms. The van der Waals surface area contributed by atoms with Crippen molar-refractivity contribution in [3.8, 4) is 34.1 Å². The first-order chi connectivity index (χ1) is 20.7. The molecule has 0 N–H and O–H groups in total. The third-order valence-electron chi connectivity index (χ3n) is 6.66. The zero-order valence-corrected chi connectivity index (χ0v) is 22.6. The maximum absolute atomic E-state index is 12.8. The zero-order valence-electron chi connectivity index (χ0n) is 22.6. The van der Waals surface area contributed by atoms with Crippen LogP contribution in [0, 0.1) is 0 Å². The van der Waals surface area contributed by atoms with Crippen LogP contribution in [0.2, 0.25) is 0 Å². The number of para-hydroxylation sites is 2. The van der Waals surface area contributed by atoms with Crippen LogP contribution < -0.4 is 18.9 Å². The summed E-state index contributed by atoms with van der Waals surface area (Å²) in [4.78, 5) is 25.5. The van der Waals surface area contributed by atoms with Gasteiger partial charge in [-0.3, -0.25) is 0 Å². The summed E-state index contributed by atoms with van der Waals surface area (Å²) < 4.78 is 23.2. The second-order valence-electron chi connectivity index (χ2n) is 9.48. The highest BCUT2D eigenvalue weighted by atomic mass is 16.6. The Kier molecular flexibility index (Phi) is 7.77. The molecule has 42 heavy (non-hydrogen) atoms. The largest absolute Gasteiger partial charge is 0.478 e. The second kappa shape index (κ2) is 12.3. The topological polar surface area (TPSA) is 71.1 Å². The molecule has 0 fully saturated rings. The molecule has 6 aromatic rings. The molecule has 0 amide bonds. The van der Waals surface area contributed by atoms with Gasteiger partial charge in [-0.05, 0) is 57.4 Å². The fourth-order valence-corrected chi connectivity index (χ4v) is 4.83. The van der Waals surface area contributed by atoms with Crippen molar-refractivity contribution in [1.29, 1.82) is 0 Å². The number of hydrogen-bond donors (Lipinski definition) is 0. The van der Waals surface area contributed by atoms with Crippen molar-refractivity contribution >= 4 is 33.5 Å². The molecule has 0 saturated heterocycles. The third-order valence-corrected chi connectivity index (χ3v) is 6.66. The van der Waals surface area contributed by atoms with E-state index in [-0.39, 0.29) is 13.2 Å². The summed E-state index contributed by atoms with van der Waals surface area (Å²) in [5, 5.41) is 3.83. The third kappa shape index (κ3) is 5.93. The van der Waals surface area contributed by atoms with E-state index in [1.54, 1.807) is 54.6 Å². The fourth-order valence-electron chi connectivity index (χ4n) is 4.83. The van der Waals surface area contributed by atoms with E-state index in [1.807, 2.05) is 78.9 Å². The average Bonchev–Trinajstić information content (AvgIpc) is 3.03. The highest BCUT2D eigenvalue weighted by molar-refractivity contribution is 6.08. The van der Waals surface area contributed by atoms with Crippen LogP contribution in [0.3, 0.4) is 0 Å². The van der Waals surface area contributed by atoms with E-state index in [2.05, 4.69) is 0 Å². The van der Waals surface area contributed by atoms with Crippen molar-refractivity contribution in [2.24, 2.45) is 0 Å². The molecule has 206 valence electrons. The van der Waals surface area contributed by atoms with Crippen LogP contribution in [-0.4, -0.2) is 25.2 Å². The Morgan fingerprint density at radius 3 is 1.69 bits per heavy atom. The number of hydrogen-bond acceptors (Lipinski definition) is 6. The number of benzene rings is 6. The Labute approximate surface area is 242 Å². The maximum Gasteiger partial charge on any atom is 0.349 e. The minimum atomic E-state index is -0.576. The summed E-state index contributed by atoms with van der Waals surface area (Å²) >= 11 is 0. The summed E-state index contributed by atoms with van der Waals surface area (Å²) in [6.45, 7) is -0.747. The van der Waals surface area contributed by atoms with Crippen molar-refractivity contribution in [3.63, 3.8) is 0 Å². The predicted octanol–water partition coefficient (Wildman–Crippen LogP) is 7.63. The first kappa shape index (κ1) is 26.6. The van der Waals surface area contributed by atoms with Crippen LogP contribution in [0.5, 0.6) is 23.0 Å². The molecule has 0 aliphatic carbocycles. The summed E-state index contributed by atoms with van der Waals surface area (Å²) in [7, 11) is 0. The number of carbonyl (C=O) groups excluding carboxylic acids is 2. The van der Waals surface area contributed by atoms with Gasteiger partial charge in [-0.1, -0.05) is 103 Å². The Morgan fingerprint density at radius 2 is 1.02 bits per heavy atom. The monoisotopic (exact) mass is 554 g/mol. The van der Waals surface area contributed by atoms with E-state index in [1.165, 1.54) is 0 Å². The Hall–Kier alpha value is -5.62.